The molecule has 1 aromatic rings. The molecule has 0 aliphatic heterocycles. The van der Waals surface area contributed by atoms with Gasteiger partial charge in [0, 0.05) is 0 Å². The van der Waals surface area contributed by atoms with Gasteiger partial charge in [-0.3, -0.25) is 0 Å². The number of benzene rings is 1. The third kappa shape index (κ3) is 6.10. The molecule has 0 unspecified atom stereocenters. The van der Waals surface area contributed by atoms with Crippen molar-refractivity contribution < 1.29 is 5.21 Å². The number of oxime groups is 1. The Morgan fingerprint density at radius 1 is 1.00 bits per heavy atom. The summed E-state index contributed by atoms with van der Waals surface area (Å²) >= 11 is 0. The molecule has 1 N–H and O–H groups in total. The lowest BCUT2D eigenvalue weighted by Crippen LogP contribution is -1.88. The average molecular weight is 233 g/mol. The Labute approximate surface area is 104 Å². The molecule has 2 nitrogen and oxygen atoms in total. The Kier molecular flexibility index (Phi) is 7.12. The second-order valence-electron chi connectivity index (χ2n) is 4.50. The fourth-order valence-electron chi connectivity index (χ4n) is 1.95. The highest BCUT2D eigenvalue weighted by Gasteiger charge is 1.94. The SMILES string of the molecule is CCCCCCCCc1ccc(/C=N\O)cc1. The lowest BCUT2D eigenvalue weighted by atomic mass is 10.0. The molecule has 17 heavy (non-hydrogen) atoms. The molecule has 0 aromatic heterocycles. The summed E-state index contributed by atoms with van der Waals surface area (Å²) in [7, 11) is 0. The van der Waals surface area contributed by atoms with Crippen molar-refractivity contribution >= 4 is 6.21 Å². The molecule has 0 fully saturated rings. The molecule has 2 heteroatoms. The van der Waals surface area contributed by atoms with E-state index in [0.717, 1.165) is 12.0 Å². The molecule has 0 spiro atoms. The maximum absolute atomic E-state index is 8.40. The third-order valence-corrected chi connectivity index (χ3v) is 3.01. The predicted molar refractivity (Wildman–Crippen MR) is 72.9 cm³/mol. The Bertz CT molecular complexity index is 316. The molecule has 0 atom stereocenters. The lowest BCUT2D eigenvalue weighted by Gasteiger charge is -2.02. The van der Waals surface area contributed by atoms with Gasteiger partial charge in [0.15, 0.2) is 0 Å². The summed E-state index contributed by atoms with van der Waals surface area (Å²) < 4.78 is 0. The van der Waals surface area contributed by atoms with Crippen LogP contribution in [0.15, 0.2) is 29.4 Å². The van der Waals surface area contributed by atoms with Crippen LogP contribution < -0.4 is 0 Å². The van der Waals surface area contributed by atoms with Crippen molar-refractivity contribution in [2.24, 2.45) is 5.16 Å². The standard InChI is InChI=1S/C15H23NO/c1-2-3-4-5-6-7-8-14-9-11-15(12-10-14)13-16-17/h9-13,17H,2-8H2,1H3/b16-13-. The number of rotatable bonds is 8. The number of hydrogen-bond acceptors (Lipinski definition) is 2. The minimum absolute atomic E-state index is 0.944. The first-order valence-electron chi connectivity index (χ1n) is 6.63. The zero-order valence-electron chi connectivity index (χ0n) is 10.7. The molecule has 0 heterocycles. The fourth-order valence-corrected chi connectivity index (χ4v) is 1.95. The molecule has 0 saturated carbocycles. The molecule has 0 amide bonds. The molecule has 0 aliphatic rings. The van der Waals surface area contributed by atoms with Crippen LogP contribution in [0.5, 0.6) is 0 Å². The second-order valence-corrected chi connectivity index (χ2v) is 4.50. The van der Waals surface area contributed by atoms with E-state index in [0.29, 0.717) is 0 Å². The van der Waals surface area contributed by atoms with E-state index in [4.69, 9.17) is 5.21 Å². The van der Waals surface area contributed by atoms with Gasteiger partial charge in [-0.1, -0.05) is 68.4 Å². The zero-order valence-corrected chi connectivity index (χ0v) is 10.7. The second kappa shape index (κ2) is 8.80. The van der Waals surface area contributed by atoms with Crippen LogP contribution in [0, 0.1) is 0 Å². The summed E-state index contributed by atoms with van der Waals surface area (Å²) in [5.41, 5.74) is 2.31. The van der Waals surface area contributed by atoms with Crippen LogP contribution >= 0.6 is 0 Å². The van der Waals surface area contributed by atoms with E-state index < -0.39 is 0 Å². The minimum atomic E-state index is 0.944. The van der Waals surface area contributed by atoms with Crippen molar-refractivity contribution in [3.8, 4) is 0 Å². The first-order chi connectivity index (χ1) is 8.36. The number of aryl methyl sites for hydroxylation is 1. The van der Waals surface area contributed by atoms with Crippen LogP contribution in [0.1, 0.15) is 56.6 Å². The summed E-state index contributed by atoms with van der Waals surface area (Å²) in [5, 5.41) is 11.4. The Morgan fingerprint density at radius 2 is 1.65 bits per heavy atom. The maximum Gasteiger partial charge on any atom is 0.0733 e. The highest BCUT2D eigenvalue weighted by molar-refractivity contribution is 5.78. The van der Waals surface area contributed by atoms with Crippen LogP contribution in [0.3, 0.4) is 0 Å². The lowest BCUT2D eigenvalue weighted by molar-refractivity contribution is 0.322. The highest BCUT2D eigenvalue weighted by atomic mass is 16.4. The van der Waals surface area contributed by atoms with E-state index in [9.17, 15) is 0 Å². The summed E-state index contributed by atoms with van der Waals surface area (Å²) in [6.45, 7) is 2.25. The highest BCUT2D eigenvalue weighted by Crippen LogP contribution is 2.10. The molecule has 0 saturated heterocycles. The van der Waals surface area contributed by atoms with Crippen molar-refractivity contribution in [3.63, 3.8) is 0 Å². The molecule has 1 rings (SSSR count). The molecule has 0 aliphatic carbocycles. The van der Waals surface area contributed by atoms with Gasteiger partial charge in [-0.05, 0) is 24.0 Å². The van der Waals surface area contributed by atoms with Crippen molar-refractivity contribution in [2.75, 3.05) is 0 Å². The Hall–Kier alpha value is -1.31. The first kappa shape index (κ1) is 13.8. The van der Waals surface area contributed by atoms with Crippen LogP contribution in [-0.4, -0.2) is 11.4 Å². The van der Waals surface area contributed by atoms with Crippen LogP contribution in [0.2, 0.25) is 0 Å². The number of unbranched alkanes of at least 4 members (excludes halogenated alkanes) is 5. The van der Waals surface area contributed by atoms with Gasteiger partial charge in [-0.15, -0.1) is 0 Å². The molecule has 0 radical (unpaired) electrons. The monoisotopic (exact) mass is 233 g/mol. The average Bonchev–Trinajstić information content (AvgIpc) is 2.36. The van der Waals surface area contributed by atoms with E-state index in [1.807, 2.05) is 12.1 Å². The summed E-state index contributed by atoms with van der Waals surface area (Å²) in [4.78, 5) is 0. The van der Waals surface area contributed by atoms with Crippen molar-refractivity contribution in [2.45, 2.75) is 51.9 Å². The van der Waals surface area contributed by atoms with E-state index >= 15 is 0 Å². The molecule has 94 valence electrons. The van der Waals surface area contributed by atoms with Gasteiger partial charge in [0.05, 0.1) is 6.21 Å². The smallest absolute Gasteiger partial charge is 0.0733 e. The predicted octanol–water partition coefficient (Wildman–Crippen LogP) is 4.40. The molecular weight excluding hydrogens is 210 g/mol. The van der Waals surface area contributed by atoms with Crippen LogP contribution in [0.25, 0.3) is 0 Å². The van der Waals surface area contributed by atoms with Gasteiger partial charge in [0.1, 0.15) is 0 Å². The zero-order chi connectivity index (χ0) is 12.3. The fraction of sp³-hybridized carbons (Fsp3) is 0.533. The quantitative estimate of drug-likeness (QED) is 0.307. The number of hydrogen-bond donors (Lipinski definition) is 1. The van der Waals surface area contributed by atoms with E-state index in [-0.39, 0.29) is 0 Å². The Morgan fingerprint density at radius 3 is 2.29 bits per heavy atom. The normalized spacial score (nSPS) is 11.1. The van der Waals surface area contributed by atoms with E-state index in [1.165, 1.54) is 50.3 Å². The van der Waals surface area contributed by atoms with Gasteiger partial charge >= 0.3 is 0 Å². The van der Waals surface area contributed by atoms with Gasteiger partial charge in [0.2, 0.25) is 0 Å². The molecule has 0 bridgehead atoms. The summed E-state index contributed by atoms with van der Waals surface area (Å²) in [6, 6.07) is 8.21. The summed E-state index contributed by atoms with van der Waals surface area (Å²) in [5.74, 6) is 0. The minimum Gasteiger partial charge on any atom is -0.411 e. The van der Waals surface area contributed by atoms with Crippen molar-refractivity contribution in [3.05, 3.63) is 35.4 Å². The van der Waals surface area contributed by atoms with Crippen molar-refractivity contribution in [1.29, 1.82) is 0 Å². The van der Waals surface area contributed by atoms with E-state index in [1.54, 1.807) is 0 Å². The van der Waals surface area contributed by atoms with Gasteiger partial charge in [0.25, 0.3) is 0 Å². The number of nitrogens with zero attached hydrogens (tertiary/aromatic N) is 1. The van der Waals surface area contributed by atoms with E-state index in [2.05, 4.69) is 24.2 Å². The topological polar surface area (TPSA) is 32.6 Å². The van der Waals surface area contributed by atoms with Crippen LogP contribution in [0.4, 0.5) is 0 Å². The largest absolute Gasteiger partial charge is 0.411 e. The molecular formula is C15H23NO. The van der Waals surface area contributed by atoms with Crippen LogP contribution in [-0.2, 0) is 6.42 Å². The summed E-state index contributed by atoms with van der Waals surface area (Å²) in [6.07, 6.45) is 10.6. The Balaban J connectivity index is 2.18. The molecule has 1 aromatic carbocycles. The van der Waals surface area contributed by atoms with Crippen molar-refractivity contribution in [1.82, 2.24) is 0 Å². The van der Waals surface area contributed by atoms with Gasteiger partial charge in [-0.25, -0.2) is 0 Å². The maximum atomic E-state index is 8.40. The van der Waals surface area contributed by atoms with Gasteiger partial charge < -0.3 is 5.21 Å². The third-order valence-electron chi connectivity index (χ3n) is 3.01. The van der Waals surface area contributed by atoms with Gasteiger partial charge in [-0.2, -0.15) is 0 Å². The first-order valence-corrected chi connectivity index (χ1v) is 6.63.